The normalized spacial score (nSPS) is 10.8. The van der Waals surface area contributed by atoms with Crippen LogP contribution in [-0.4, -0.2) is 23.4 Å². The summed E-state index contributed by atoms with van der Waals surface area (Å²) in [7, 11) is -3.73. The number of pyridine rings is 1. The van der Waals surface area contributed by atoms with Gasteiger partial charge in [-0.3, -0.25) is 9.71 Å². The lowest BCUT2D eigenvalue weighted by atomic mass is 10.1. The van der Waals surface area contributed by atoms with Crippen molar-refractivity contribution in [1.82, 2.24) is 15.0 Å². The molecule has 0 radical (unpaired) electrons. The summed E-state index contributed by atoms with van der Waals surface area (Å²) in [6, 6.07) is 2.06. The van der Waals surface area contributed by atoms with Crippen molar-refractivity contribution < 1.29 is 8.42 Å². The van der Waals surface area contributed by atoms with Gasteiger partial charge in [0, 0.05) is 17.3 Å². The van der Waals surface area contributed by atoms with Crippen molar-refractivity contribution in [3.8, 4) is 6.07 Å². The number of nitriles is 1. The lowest BCUT2D eigenvalue weighted by Gasteiger charge is -2.08. The van der Waals surface area contributed by atoms with Crippen molar-refractivity contribution in [3.63, 3.8) is 0 Å². The van der Waals surface area contributed by atoms with E-state index in [1.165, 1.54) is 18.6 Å². The molecule has 24 heavy (non-hydrogen) atoms. The Bertz CT molecular complexity index is 1010. The molecule has 0 bridgehead atoms. The second-order valence-corrected chi connectivity index (χ2v) is 7.77. The van der Waals surface area contributed by atoms with Gasteiger partial charge in [-0.1, -0.05) is 13.8 Å². The first-order valence-electron chi connectivity index (χ1n) is 7.24. The number of fused-ring (bicyclic) bond motifs is 1. The van der Waals surface area contributed by atoms with E-state index in [-0.39, 0.29) is 4.21 Å². The van der Waals surface area contributed by atoms with Crippen LogP contribution in [0.1, 0.15) is 30.1 Å². The number of aromatic nitrogens is 3. The SMILES string of the molecule is CC.Cc1ncc(S(=O)(=O)Nc2cnc(C)c3c(C#N)c[nH]c23)s1. The number of hydrogen-bond donors (Lipinski definition) is 2. The Morgan fingerprint density at radius 1 is 1.25 bits per heavy atom. The monoisotopic (exact) mass is 363 g/mol. The first kappa shape index (κ1) is 17.9. The van der Waals surface area contributed by atoms with Gasteiger partial charge in [0.1, 0.15) is 6.07 Å². The zero-order chi connectivity index (χ0) is 17.9. The lowest BCUT2D eigenvalue weighted by Crippen LogP contribution is -2.12. The maximum absolute atomic E-state index is 12.4. The summed E-state index contributed by atoms with van der Waals surface area (Å²) < 4.78 is 27.4. The first-order chi connectivity index (χ1) is 11.4. The zero-order valence-corrected chi connectivity index (χ0v) is 15.3. The number of H-pyrrole nitrogens is 1. The molecule has 0 aromatic carbocycles. The number of sulfonamides is 1. The minimum atomic E-state index is -3.73. The number of anilines is 1. The molecule has 0 aliphatic carbocycles. The predicted molar refractivity (Wildman–Crippen MR) is 94.6 cm³/mol. The van der Waals surface area contributed by atoms with Crippen molar-refractivity contribution in [2.24, 2.45) is 0 Å². The third-order valence-corrected chi connectivity index (χ3v) is 5.87. The number of aryl methyl sites for hydroxylation is 2. The predicted octanol–water partition coefficient (Wildman–Crippen LogP) is 3.33. The molecule has 0 unspecified atom stereocenters. The van der Waals surface area contributed by atoms with Gasteiger partial charge in [0.05, 0.1) is 34.2 Å². The van der Waals surface area contributed by atoms with E-state index in [1.54, 1.807) is 13.8 Å². The van der Waals surface area contributed by atoms with E-state index in [1.807, 2.05) is 13.8 Å². The molecule has 0 saturated heterocycles. The van der Waals surface area contributed by atoms with Crippen LogP contribution in [0.4, 0.5) is 5.69 Å². The van der Waals surface area contributed by atoms with Gasteiger partial charge in [-0.15, -0.1) is 11.3 Å². The molecule has 0 saturated carbocycles. The van der Waals surface area contributed by atoms with E-state index in [4.69, 9.17) is 5.26 Å². The average molecular weight is 363 g/mol. The molecule has 7 nitrogen and oxygen atoms in total. The Kier molecular flexibility index (Phi) is 5.21. The highest BCUT2D eigenvalue weighted by atomic mass is 32.2. The summed E-state index contributed by atoms with van der Waals surface area (Å²) in [6.45, 7) is 7.50. The Balaban J connectivity index is 0.00000100. The van der Waals surface area contributed by atoms with E-state index in [0.29, 0.717) is 32.9 Å². The summed E-state index contributed by atoms with van der Waals surface area (Å²) in [6.07, 6.45) is 4.28. The fourth-order valence-corrected chi connectivity index (χ4v) is 4.29. The summed E-state index contributed by atoms with van der Waals surface area (Å²) >= 11 is 1.09. The molecule has 3 rings (SSSR count). The van der Waals surface area contributed by atoms with Gasteiger partial charge in [0.2, 0.25) is 0 Å². The van der Waals surface area contributed by atoms with E-state index in [2.05, 4.69) is 25.7 Å². The Morgan fingerprint density at radius 2 is 1.96 bits per heavy atom. The highest BCUT2D eigenvalue weighted by Crippen LogP contribution is 2.29. The van der Waals surface area contributed by atoms with E-state index >= 15 is 0 Å². The maximum atomic E-state index is 12.4. The molecule has 3 aromatic rings. The lowest BCUT2D eigenvalue weighted by molar-refractivity contribution is 0.603. The van der Waals surface area contributed by atoms with Crippen LogP contribution < -0.4 is 4.72 Å². The van der Waals surface area contributed by atoms with Crippen LogP contribution in [0.2, 0.25) is 0 Å². The van der Waals surface area contributed by atoms with Gasteiger partial charge in [-0.05, 0) is 13.8 Å². The van der Waals surface area contributed by atoms with Crippen molar-refractivity contribution in [1.29, 1.82) is 5.26 Å². The average Bonchev–Trinajstić information content (AvgIpc) is 3.19. The molecule has 2 N–H and O–H groups in total. The number of rotatable bonds is 3. The van der Waals surface area contributed by atoms with Gasteiger partial charge in [0.15, 0.2) is 4.21 Å². The fraction of sp³-hybridized carbons (Fsp3) is 0.267. The van der Waals surface area contributed by atoms with E-state index in [0.717, 1.165) is 11.3 Å². The first-order valence-corrected chi connectivity index (χ1v) is 9.54. The van der Waals surface area contributed by atoms with Crippen LogP contribution in [0.25, 0.3) is 10.9 Å². The van der Waals surface area contributed by atoms with E-state index < -0.39 is 10.0 Å². The molecular weight excluding hydrogens is 346 g/mol. The van der Waals surface area contributed by atoms with Crippen LogP contribution in [0.3, 0.4) is 0 Å². The number of nitrogens with one attached hydrogen (secondary N) is 2. The molecule has 0 atom stereocenters. The molecule has 0 aliphatic heterocycles. The number of aromatic amines is 1. The van der Waals surface area contributed by atoms with Crippen LogP contribution in [0, 0.1) is 25.2 Å². The summed E-state index contributed by atoms with van der Waals surface area (Å²) in [5, 5.41) is 10.4. The van der Waals surface area contributed by atoms with Gasteiger partial charge in [-0.25, -0.2) is 13.4 Å². The van der Waals surface area contributed by atoms with Crippen molar-refractivity contribution in [2.45, 2.75) is 31.9 Å². The molecule has 0 fully saturated rings. The largest absolute Gasteiger partial charge is 0.358 e. The molecule has 0 spiro atoms. The van der Waals surface area contributed by atoms with Crippen molar-refractivity contribution in [3.05, 3.63) is 34.9 Å². The zero-order valence-electron chi connectivity index (χ0n) is 13.7. The Morgan fingerprint density at radius 3 is 2.54 bits per heavy atom. The standard InChI is InChI=1S/C13H11N5O2S2.C2H6/c1-7-12-9(3-14)4-17-13(12)10(5-15-7)18-22(19,20)11-6-16-8(2)21-11;1-2/h4-6,17-18H,1-2H3;1-2H3. The maximum Gasteiger partial charge on any atom is 0.273 e. The molecular formula is C15H17N5O2S2. The topological polar surface area (TPSA) is 112 Å². The number of nitrogens with zero attached hydrogens (tertiary/aromatic N) is 3. The van der Waals surface area contributed by atoms with Crippen molar-refractivity contribution >= 4 is 38.0 Å². The third kappa shape index (κ3) is 3.25. The van der Waals surface area contributed by atoms with Crippen molar-refractivity contribution in [2.75, 3.05) is 4.72 Å². The van der Waals surface area contributed by atoms with Crippen LogP contribution in [0.5, 0.6) is 0 Å². The smallest absolute Gasteiger partial charge is 0.273 e. The highest BCUT2D eigenvalue weighted by Gasteiger charge is 2.20. The minimum absolute atomic E-state index is 0.130. The van der Waals surface area contributed by atoms with Gasteiger partial charge in [0.25, 0.3) is 10.0 Å². The second kappa shape index (κ2) is 6.98. The molecule has 0 aliphatic rings. The van der Waals surface area contributed by atoms with Crippen LogP contribution in [0.15, 0.2) is 22.8 Å². The summed E-state index contributed by atoms with van der Waals surface area (Å²) in [5.74, 6) is 0. The van der Waals surface area contributed by atoms with Crippen LogP contribution >= 0.6 is 11.3 Å². The second-order valence-electron chi connectivity index (χ2n) is 4.63. The van der Waals surface area contributed by atoms with Gasteiger partial charge < -0.3 is 4.98 Å². The number of hydrogen-bond acceptors (Lipinski definition) is 6. The number of thiazole rings is 1. The third-order valence-electron chi connectivity index (χ3n) is 3.13. The molecule has 3 aromatic heterocycles. The van der Waals surface area contributed by atoms with Gasteiger partial charge in [-0.2, -0.15) is 5.26 Å². The Labute approximate surface area is 144 Å². The van der Waals surface area contributed by atoms with Crippen LogP contribution in [-0.2, 0) is 10.0 Å². The molecule has 9 heteroatoms. The Hall–Kier alpha value is -2.44. The molecule has 3 heterocycles. The minimum Gasteiger partial charge on any atom is -0.358 e. The van der Waals surface area contributed by atoms with E-state index in [9.17, 15) is 8.42 Å². The quantitative estimate of drug-likeness (QED) is 0.741. The fourth-order valence-electron chi connectivity index (χ4n) is 2.13. The highest BCUT2D eigenvalue weighted by molar-refractivity contribution is 7.94. The summed E-state index contributed by atoms with van der Waals surface area (Å²) in [4.78, 5) is 11.0. The summed E-state index contributed by atoms with van der Waals surface area (Å²) in [5.41, 5.74) is 1.92. The molecule has 0 amide bonds. The molecule has 126 valence electrons. The van der Waals surface area contributed by atoms with Gasteiger partial charge >= 0.3 is 0 Å².